The zero-order valence-corrected chi connectivity index (χ0v) is 29.3. The predicted molar refractivity (Wildman–Crippen MR) is 178 cm³/mol. The van der Waals surface area contributed by atoms with Crippen molar-refractivity contribution in [3.05, 3.63) is 72.9 Å². The minimum atomic E-state index is -2.94. The van der Waals surface area contributed by atoms with Gasteiger partial charge in [-0.15, -0.1) is 19.7 Å². The fourth-order valence-corrected chi connectivity index (χ4v) is 3.72. The van der Waals surface area contributed by atoms with Crippen LogP contribution in [-0.2, 0) is 57.2 Å². The van der Waals surface area contributed by atoms with Gasteiger partial charge in [-0.2, -0.15) is 0 Å². The van der Waals surface area contributed by atoms with E-state index in [0.717, 1.165) is 11.6 Å². The fourth-order valence-electron chi connectivity index (χ4n) is 3.72. The molecule has 5 atom stereocenters. The number of esters is 5. The fraction of sp³-hybridized carbons (Fsp3) is 0.500. The van der Waals surface area contributed by atoms with Gasteiger partial charge in [0, 0.05) is 18.8 Å². The summed E-state index contributed by atoms with van der Waals surface area (Å²) in [7, 11) is 0. The van der Waals surface area contributed by atoms with Gasteiger partial charge in [0.05, 0.1) is 13.2 Å². The molecule has 5 unspecified atom stereocenters. The summed E-state index contributed by atoms with van der Waals surface area (Å²) in [6.07, 6.45) is 5.56. The summed E-state index contributed by atoms with van der Waals surface area (Å²) in [4.78, 5) is 79.7. The van der Waals surface area contributed by atoms with E-state index >= 15 is 0 Å². The molecule has 0 rings (SSSR count). The minimum Gasteiger partial charge on any atom is -0.464 e. The molecular weight excluding hydrogens is 624 g/mol. The molecular formula is C36H50O12. The molecule has 0 spiro atoms. The Morgan fingerprint density at radius 2 is 1.50 bits per heavy atom. The summed E-state index contributed by atoms with van der Waals surface area (Å²) in [6.45, 7) is 22.7. The van der Waals surface area contributed by atoms with Crippen LogP contribution in [0.25, 0.3) is 0 Å². The molecule has 12 heteroatoms. The first-order chi connectivity index (χ1) is 22.4. The van der Waals surface area contributed by atoms with Crippen molar-refractivity contribution >= 4 is 36.3 Å². The van der Waals surface area contributed by atoms with E-state index in [-0.39, 0.29) is 50.6 Å². The zero-order valence-electron chi connectivity index (χ0n) is 29.3. The Morgan fingerprint density at radius 3 is 2.02 bits per heavy atom. The van der Waals surface area contributed by atoms with Gasteiger partial charge < -0.3 is 28.4 Å². The van der Waals surface area contributed by atoms with Crippen LogP contribution in [0.4, 0.5) is 0 Å². The van der Waals surface area contributed by atoms with Crippen LogP contribution in [0.3, 0.4) is 0 Å². The van der Waals surface area contributed by atoms with E-state index < -0.39 is 53.1 Å². The van der Waals surface area contributed by atoms with E-state index in [2.05, 4.69) is 19.7 Å². The summed E-state index contributed by atoms with van der Waals surface area (Å²) >= 11 is 0. The van der Waals surface area contributed by atoms with Gasteiger partial charge in [-0.05, 0) is 72.3 Å². The molecule has 0 aliphatic heterocycles. The molecule has 0 saturated heterocycles. The van der Waals surface area contributed by atoms with E-state index in [1.54, 1.807) is 34.6 Å². The molecule has 0 aliphatic rings. The van der Waals surface area contributed by atoms with Crippen LogP contribution in [0.5, 0.6) is 0 Å². The topological polar surface area (TPSA) is 158 Å². The van der Waals surface area contributed by atoms with Gasteiger partial charge in [-0.3, -0.25) is 4.79 Å². The third kappa shape index (κ3) is 13.5. The van der Waals surface area contributed by atoms with Crippen LogP contribution in [0.2, 0.25) is 0 Å². The van der Waals surface area contributed by atoms with E-state index in [0.29, 0.717) is 5.57 Å². The smallest absolute Gasteiger partial charge is 0.355 e. The van der Waals surface area contributed by atoms with E-state index in [9.17, 15) is 28.8 Å². The van der Waals surface area contributed by atoms with Crippen molar-refractivity contribution < 1.29 is 57.2 Å². The normalized spacial score (nSPS) is 15.5. The highest BCUT2D eigenvalue weighted by Gasteiger charge is 2.57. The molecule has 266 valence electrons. The van der Waals surface area contributed by atoms with Crippen molar-refractivity contribution in [3.8, 4) is 0 Å². The lowest BCUT2D eigenvalue weighted by molar-refractivity contribution is -0.182. The summed E-state index contributed by atoms with van der Waals surface area (Å²) in [5.41, 5.74) is -3.76. The van der Waals surface area contributed by atoms with Crippen molar-refractivity contribution in [2.24, 2.45) is 11.3 Å². The first-order valence-corrected chi connectivity index (χ1v) is 15.3. The lowest BCUT2D eigenvalue weighted by atomic mass is 9.84. The highest BCUT2D eigenvalue weighted by atomic mass is 16.6. The van der Waals surface area contributed by atoms with Gasteiger partial charge in [0.2, 0.25) is 11.7 Å². The average Bonchev–Trinajstić information content (AvgIpc) is 3.00. The van der Waals surface area contributed by atoms with Gasteiger partial charge in [-0.1, -0.05) is 36.3 Å². The van der Waals surface area contributed by atoms with Crippen LogP contribution in [0, 0.1) is 11.3 Å². The standard InChI is InChI=1S/C36H50O12/c1-12-15-28(10)47-34(42)36(32(40)44-20-17-25(6)7,33(41)45-22-26(8)14-3)21-27(9)29(30(38)43-19-16-24(4)5)48-31(39)35(11,18-13-2)46-23-37/h12-14,17-18,21,23,26,28-29H,1,3-4,15-16,19-20,22H2,2,5-11H3. The molecule has 12 nitrogen and oxygen atoms in total. The van der Waals surface area contributed by atoms with Gasteiger partial charge in [-0.25, -0.2) is 24.0 Å². The second-order valence-electron chi connectivity index (χ2n) is 11.6. The first kappa shape index (κ1) is 43.3. The summed E-state index contributed by atoms with van der Waals surface area (Å²) in [5, 5.41) is 0. The predicted octanol–water partition coefficient (Wildman–Crippen LogP) is 5.23. The number of carbonyl (C=O) groups excluding carboxylic acids is 6. The number of carbonyl (C=O) groups is 6. The zero-order chi connectivity index (χ0) is 37.1. The maximum absolute atomic E-state index is 13.9. The molecule has 0 bridgehead atoms. The van der Waals surface area contributed by atoms with Gasteiger partial charge in [0.25, 0.3) is 11.9 Å². The lowest BCUT2D eigenvalue weighted by Gasteiger charge is -2.29. The average molecular weight is 675 g/mol. The summed E-state index contributed by atoms with van der Waals surface area (Å²) < 4.78 is 32.0. The molecule has 0 saturated carbocycles. The van der Waals surface area contributed by atoms with E-state index in [1.807, 2.05) is 0 Å². The molecule has 0 fully saturated rings. The van der Waals surface area contributed by atoms with Crippen LogP contribution < -0.4 is 0 Å². The lowest BCUT2D eigenvalue weighted by Crippen LogP contribution is -2.50. The molecule has 0 aromatic heterocycles. The Hall–Kier alpha value is -4.74. The molecule has 0 aromatic carbocycles. The maximum Gasteiger partial charge on any atom is 0.355 e. The SMILES string of the molecule is C=CCC(C)OC(=O)C(C=C(C)C(OC(=O)C(C)(C=CC)OC=O)C(=O)OCCC(=C)C)(C(=O)OCC=C(C)C)C(=O)OCC(C)C=C. The number of ether oxygens (including phenoxy) is 6. The van der Waals surface area contributed by atoms with Crippen molar-refractivity contribution in [2.75, 3.05) is 19.8 Å². The molecule has 0 aromatic rings. The van der Waals surface area contributed by atoms with Crippen molar-refractivity contribution in [3.63, 3.8) is 0 Å². The molecule has 0 N–H and O–H groups in total. The van der Waals surface area contributed by atoms with Crippen molar-refractivity contribution in [1.29, 1.82) is 0 Å². The van der Waals surface area contributed by atoms with Gasteiger partial charge >= 0.3 is 29.8 Å². The summed E-state index contributed by atoms with van der Waals surface area (Å²) in [6, 6.07) is 0. The van der Waals surface area contributed by atoms with E-state index in [1.165, 1.54) is 51.2 Å². The molecule has 0 heterocycles. The summed E-state index contributed by atoms with van der Waals surface area (Å²) in [5.74, 6) is -6.84. The van der Waals surface area contributed by atoms with Crippen molar-refractivity contribution in [2.45, 2.75) is 86.0 Å². The second kappa shape index (κ2) is 21.2. The minimum absolute atomic E-state index is 0.0261. The Balaban J connectivity index is 7.54. The quantitative estimate of drug-likeness (QED) is 0.0485. The molecule has 0 radical (unpaired) electrons. The number of allylic oxidation sites excluding steroid dienone is 2. The highest BCUT2D eigenvalue weighted by molar-refractivity contribution is 6.20. The molecule has 0 amide bonds. The maximum atomic E-state index is 13.9. The van der Waals surface area contributed by atoms with Crippen LogP contribution in [-0.4, -0.2) is 73.9 Å². The third-order valence-electron chi connectivity index (χ3n) is 6.61. The number of hydrogen-bond acceptors (Lipinski definition) is 12. The Labute approximate surface area is 283 Å². The van der Waals surface area contributed by atoms with Gasteiger partial charge in [0.15, 0.2) is 0 Å². The van der Waals surface area contributed by atoms with E-state index in [4.69, 9.17) is 28.4 Å². The number of rotatable bonds is 22. The second-order valence-corrected chi connectivity index (χ2v) is 11.6. The third-order valence-corrected chi connectivity index (χ3v) is 6.61. The highest BCUT2D eigenvalue weighted by Crippen LogP contribution is 2.31. The monoisotopic (exact) mass is 674 g/mol. The number of hydrogen-bond donors (Lipinski definition) is 0. The Bertz CT molecular complexity index is 1290. The molecule has 48 heavy (non-hydrogen) atoms. The van der Waals surface area contributed by atoms with Crippen LogP contribution >= 0.6 is 0 Å². The van der Waals surface area contributed by atoms with Crippen LogP contribution in [0.1, 0.15) is 68.2 Å². The molecule has 0 aliphatic carbocycles. The Morgan fingerprint density at radius 1 is 0.875 bits per heavy atom. The first-order valence-electron chi connectivity index (χ1n) is 15.3. The van der Waals surface area contributed by atoms with Gasteiger partial charge in [0.1, 0.15) is 12.7 Å². The van der Waals surface area contributed by atoms with Crippen LogP contribution in [0.15, 0.2) is 72.9 Å². The van der Waals surface area contributed by atoms with Crippen molar-refractivity contribution in [1.82, 2.24) is 0 Å². The Kier molecular flexibility index (Phi) is 19.1. The largest absolute Gasteiger partial charge is 0.464 e.